The van der Waals surface area contributed by atoms with E-state index in [9.17, 15) is 19.3 Å². The van der Waals surface area contributed by atoms with Gasteiger partial charge in [-0.05, 0) is 43.3 Å². The van der Waals surface area contributed by atoms with Gasteiger partial charge in [0.05, 0.1) is 4.92 Å². The molecule has 9 heteroatoms. The first-order chi connectivity index (χ1) is 12.4. The van der Waals surface area contributed by atoms with Gasteiger partial charge in [-0.1, -0.05) is 0 Å². The number of hydrogen-bond acceptors (Lipinski definition) is 5. The number of rotatable bonds is 5. The predicted octanol–water partition coefficient (Wildman–Crippen LogP) is 2.94. The second kappa shape index (κ2) is 7.09. The highest BCUT2D eigenvalue weighted by atomic mass is 19.1. The van der Waals surface area contributed by atoms with Crippen LogP contribution in [0.25, 0.3) is 11.4 Å². The van der Waals surface area contributed by atoms with Crippen molar-refractivity contribution in [3.63, 3.8) is 0 Å². The summed E-state index contributed by atoms with van der Waals surface area (Å²) in [6.45, 7) is 1.64. The summed E-state index contributed by atoms with van der Waals surface area (Å²) in [5, 5.41) is 17.6. The van der Waals surface area contributed by atoms with Crippen LogP contribution in [0, 0.1) is 22.9 Å². The van der Waals surface area contributed by atoms with Gasteiger partial charge >= 0.3 is 0 Å². The zero-order chi connectivity index (χ0) is 18.7. The van der Waals surface area contributed by atoms with Gasteiger partial charge in [-0.3, -0.25) is 14.9 Å². The standard InChI is InChI=1S/C17H14FN5O3/c1-11-19-17(12-2-8-15(9-3-12)23(25)26)21-22(11)10-16(24)20-14-6-4-13(18)5-7-14/h2-9H,10H2,1H3,(H,20,24). The molecule has 0 fully saturated rings. The van der Waals surface area contributed by atoms with Crippen molar-refractivity contribution in [2.45, 2.75) is 13.5 Å². The zero-order valence-electron chi connectivity index (χ0n) is 13.7. The minimum Gasteiger partial charge on any atom is -0.324 e. The van der Waals surface area contributed by atoms with Crippen molar-refractivity contribution < 1.29 is 14.1 Å². The van der Waals surface area contributed by atoms with Crippen LogP contribution in [0.5, 0.6) is 0 Å². The minimum atomic E-state index is -0.485. The number of non-ortho nitro benzene ring substituents is 1. The third-order valence-corrected chi connectivity index (χ3v) is 3.61. The molecule has 2 aromatic carbocycles. The van der Waals surface area contributed by atoms with E-state index >= 15 is 0 Å². The molecule has 1 heterocycles. The summed E-state index contributed by atoms with van der Waals surface area (Å²) in [6.07, 6.45) is 0. The van der Waals surface area contributed by atoms with Crippen molar-refractivity contribution in [2.24, 2.45) is 0 Å². The summed E-state index contributed by atoms with van der Waals surface area (Å²) in [4.78, 5) is 26.6. The molecule has 26 heavy (non-hydrogen) atoms. The second-order valence-corrected chi connectivity index (χ2v) is 5.50. The number of nitro groups is 1. The summed E-state index contributed by atoms with van der Waals surface area (Å²) >= 11 is 0. The molecule has 0 unspecified atom stereocenters. The third-order valence-electron chi connectivity index (χ3n) is 3.61. The number of nitro benzene ring substituents is 1. The Kier molecular flexibility index (Phi) is 4.70. The lowest BCUT2D eigenvalue weighted by Gasteiger charge is -2.05. The summed E-state index contributed by atoms with van der Waals surface area (Å²) in [7, 11) is 0. The summed E-state index contributed by atoms with van der Waals surface area (Å²) in [5.41, 5.74) is 1.06. The Morgan fingerprint density at radius 2 is 1.85 bits per heavy atom. The molecule has 3 aromatic rings. The number of nitrogens with one attached hydrogen (secondary N) is 1. The van der Waals surface area contributed by atoms with Crippen molar-refractivity contribution in [1.82, 2.24) is 14.8 Å². The first-order valence-electron chi connectivity index (χ1n) is 7.64. The number of hydrogen-bond donors (Lipinski definition) is 1. The number of nitrogens with zero attached hydrogens (tertiary/aromatic N) is 4. The van der Waals surface area contributed by atoms with Crippen LogP contribution in [-0.4, -0.2) is 25.6 Å². The van der Waals surface area contributed by atoms with Crippen molar-refractivity contribution >= 4 is 17.3 Å². The maximum absolute atomic E-state index is 12.9. The lowest BCUT2D eigenvalue weighted by molar-refractivity contribution is -0.384. The van der Waals surface area contributed by atoms with Crippen LogP contribution >= 0.6 is 0 Å². The smallest absolute Gasteiger partial charge is 0.269 e. The number of anilines is 1. The van der Waals surface area contributed by atoms with E-state index in [1.54, 1.807) is 19.1 Å². The van der Waals surface area contributed by atoms with Gasteiger partial charge in [-0.15, -0.1) is 0 Å². The predicted molar refractivity (Wildman–Crippen MR) is 91.9 cm³/mol. The Morgan fingerprint density at radius 1 is 1.19 bits per heavy atom. The van der Waals surface area contributed by atoms with Crippen molar-refractivity contribution in [1.29, 1.82) is 0 Å². The molecule has 1 N–H and O–H groups in total. The van der Waals surface area contributed by atoms with E-state index in [2.05, 4.69) is 15.4 Å². The van der Waals surface area contributed by atoms with E-state index in [0.717, 1.165) is 0 Å². The van der Waals surface area contributed by atoms with Crippen LogP contribution in [0.1, 0.15) is 5.82 Å². The van der Waals surface area contributed by atoms with Crippen LogP contribution in [0.2, 0.25) is 0 Å². The minimum absolute atomic E-state index is 0.0245. The third kappa shape index (κ3) is 3.89. The normalized spacial score (nSPS) is 10.5. The first-order valence-corrected chi connectivity index (χ1v) is 7.64. The number of carbonyl (C=O) groups excluding carboxylic acids is 1. The lowest BCUT2D eigenvalue weighted by atomic mass is 10.2. The molecule has 0 bridgehead atoms. The molecule has 0 atom stereocenters. The van der Waals surface area contributed by atoms with Gasteiger partial charge < -0.3 is 5.32 Å². The van der Waals surface area contributed by atoms with E-state index < -0.39 is 4.92 Å². The Balaban J connectivity index is 1.72. The molecular weight excluding hydrogens is 341 g/mol. The van der Waals surface area contributed by atoms with Crippen molar-refractivity contribution in [2.75, 3.05) is 5.32 Å². The van der Waals surface area contributed by atoms with Crippen LogP contribution in [-0.2, 0) is 11.3 Å². The van der Waals surface area contributed by atoms with E-state index in [-0.39, 0.29) is 24.0 Å². The average molecular weight is 355 g/mol. The number of carbonyl (C=O) groups is 1. The van der Waals surface area contributed by atoms with Crippen LogP contribution in [0.15, 0.2) is 48.5 Å². The van der Waals surface area contributed by atoms with Crippen molar-refractivity contribution in [3.05, 3.63) is 70.3 Å². The zero-order valence-corrected chi connectivity index (χ0v) is 13.7. The highest BCUT2D eigenvalue weighted by molar-refractivity contribution is 5.90. The maximum atomic E-state index is 12.9. The fourth-order valence-corrected chi connectivity index (χ4v) is 2.29. The molecule has 1 aromatic heterocycles. The SMILES string of the molecule is Cc1nc(-c2ccc([N+](=O)[O-])cc2)nn1CC(=O)Nc1ccc(F)cc1. The molecule has 0 aliphatic rings. The summed E-state index contributed by atoms with van der Waals surface area (Å²) in [5.74, 6) is 0.169. The van der Waals surface area contributed by atoms with Crippen LogP contribution in [0.4, 0.5) is 15.8 Å². The fourth-order valence-electron chi connectivity index (χ4n) is 2.29. The average Bonchev–Trinajstić information content (AvgIpc) is 2.97. The molecular formula is C17H14FN5O3. The summed E-state index contributed by atoms with van der Waals surface area (Å²) in [6, 6.07) is 11.3. The Morgan fingerprint density at radius 3 is 2.46 bits per heavy atom. The molecule has 0 aliphatic carbocycles. The molecule has 0 saturated heterocycles. The number of amides is 1. The highest BCUT2D eigenvalue weighted by Gasteiger charge is 2.13. The monoisotopic (exact) mass is 355 g/mol. The van der Waals surface area contributed by atoms with Crippen molar-refractivity contribution in [3.8, 4) is 11.4 Å². The Bertz CT molecular complexity index is 952. The molecule has 8 nitrogen and oxygen atoms in total. The lowest BCUT2D eigenvalue weighted by Crippen LogP contribution is -2.20. The quantitative estimate of drug-likeness (QED) is 0.560. The van der Waals surface area contributed by atoms with E-state index in [4.69, 9.17) is 0 Å². The maximum Gasteiger partial charge on any atom is 0.269 e. The van der Waals surface area contributed by atoms with Crippen LogP contribution < -0.4 is 5.32 Å². The van der Waals surface area contributed by atoms with Gasteiger partial charge in [-0.25, -0.2) is 14.1 Å². The highest BCUT2D eigenvalue weighted by Crippen LogP contribution is 2.20. The number of benzene rings is 2. The fraction of sp³-hybridized carbons (Fsp3) is 0.118. The topological polar surface area (TPSA) is 103 Å². The van der Waals surface area contributed by atoms with Gasteiger partial charge in [0, 0.05) is 23.4 Å². The summed E-state index contributed by atoms with van der Waals surface area (Å²) < 4.78 is 14.3. The van der Waals surface area contributed by atoms with Crippen LogP contribution in [0.3, 0.4) is 0 Å². The molecule has 132 valence electrons. The Hall–Kier alpha value is -3.62. The molecule has 0 spiro atoms. The second-order valence-electron chi connectivity index (χ2n) is 5.50. The van der Waals surface area contributed by atoms with E-state index in [1.165, 1.54) is 41.1 Å². The first kappa shape index (κ1) is 17.2. The van der Waals surface area contributed by atoms with Gasteiger partial charge in [0.15, 0.2) is 5.82 Å². The Labute approximate surface area is 147 Å². The van der Waals surface area contributed by atoms with Gasteiger partial charge in [-0.2, -0.15) is 5.10 Å². The molecule has 0 saturated carbocycles. The molecule has 3 rings (SSSR count). The number of aromatic nitrogens is 3. The largest absolute Gasteiger partial charge is 0.324 e. The van der Waals surface area contributed by atoms with E-state index in [0.29, 0.717) is 22.9 Å². The molecule has 1 amide bonds. The van der Waals surface area contributed by atoms with Gasteiger partial charge in [0.2, 0.25) is 5.91 Å². The van der Waals surface area contributed by atoms with E-state index in [1.807, 2.05) is 0 Å². The molecule has 0 radical (unpaired) electrons. The molecule has 0 aliphatic heterocycles. The van der Waals surface area contributed by atoms with Gasteiger partial charge in [0.25, 0.3) is 5.69 Å². The van der Waals surface area contributed by atoms with Gasteiger partial charge in [0.1, 0.15) is 18.2 Å². The number of halogens is 1. The number of aryl methyl sites for hydroxylation is 1.